The van der Waals surface area contributed by atoms with Crippen LogP contribution in [0, 0.1) is 40.8 Å². The van der Waals surface area contributed by atoms with Crippen molar-refractivity contribution in [3.63, 3.8) is 0 Å². The van der Waals surface area contributed by atoms with Crippen molar-refractivity contribution in [1.29, 1.82) is 5.26 Å². The molecule has 4 unspecified atom stereocenters. The van der Waals surface area contributed by atoms with Crippen LogP contribution in [0.2, 0.25) is 0 Å². The molecule has 0 spiro atoms. The fraction of sp³-hybridized carbons (Fsp3) is 0.667. The van der Waals surface area contributed by atoms with E-state index in [0.717, 1.165) is 30.8 Å². The van der Waals surface area contributed by atoms with Crippen LogP contribution in [0.5, 0.6) is 0 Å². The Balaban J connectivity index is 0.000000635. The summed E-state index contributed by atoms with van der Waals surface area (Å²) in [6.45, 7) is 6.88. The summed E-state index contributed by atoms with van der Waals surface area (Å²) in [5, 5.41) is 19.4. The Hall–Kier alpha value is -3.21. The van der Waals surface area contributed by atoms with Crippen molar-refractivity contribution < 1.29 is 32.7 Å². The molecule has 3 amide bonds. The summed E-state index contributed by atoms with van der Waals surface area (Å²) in [7, 11) is 0. The fourth-order valence-corrected chi connectivity index (χ4v) is 4.85. The van der Waals surface area contributed by atoms with Gasteiger partial charge in [-0.3, -0.25) is 14.4 Å². The first-order chi connectivity index (χ1) is 20.0. The summed E-state index contributed by atoms with van der Waals surface area (Å²) in [4.78, 5) is 37.3. The van der Waals surface area contributed by atoms with E-state index < -0.39 is 31.4 Å². The molecule has 2 heterocycles. The molecule has 7 N–H and O–H groups in total. The lowest BCUT2D eigenvalue weighted by Crippen LogP contribution is -2.34. The first kappa shape index (κ1) is 39.8. The zero-order valence-corrected chi connectivity index (χ0v) is 25.6. The minimum absolute atomic E-state index is 0. The molecule has 3 aliphatic rings. The first-order valence-corrected chi connectivity index (χ1v) is 14.4. The predicted molar refractivity (Wildman–Crippen MR) is 160 cm³/mol. The van der Waals surface area contributed by atoms with E-state index in [0.29, 0.717) is 18.5 Å². The van der Waals surface area contributed by atoms with E-state index in [2.05, 4.69) is 26.1 Å². The molecule has 1 aromatic rings. The number of aliphatic hydroxyl groups excluding tert-OH is 1. The van der Waals surface area contributed by atoms with Crippen LogP contribution in [0.4, 0.5) is 18.9 Å². The maximum atomic E-state index is 12.7. The zero-order valence-electron chi connectivity index (χ0n) is 25.6. The number of nitrogens with one attached hydrogen (secondary N) is 1. The summed E-state index contributed by atoms with van der Waals surface area (Å²) in [5.74, 6) is 1.47. The number of fused-ring (bicyclic) bond motifs is 1. The van der Waals surface area contributed by atoms with Gasteiger partial charge in [-0.15, -0.1) is 0 Å². The van der Waals surface area contributed by atoms with Gasteiger partial charge in [-0.05, 0) is 61.3 Å². The number of nitrogens with two attached hydrogens (primary N) is 1. The highest BCUT2D eigenvalue weighted by atomic mass is 19.1. The van der Waals surface area contributed by atoms with Gasteiger partial charge in [0.25, 0.3) is 0 Å². The largest absolute Gasteiger partial charge is 0.388 e. The van der Waals surface area contributed by atoms with Gasteiger partial charge in [0.05, 0.1) is 18.5 Å². The van der Waals surface area contributed by atoms with Crippen molar-refractivity contribution >= 4 is 23.9 Å². The van der Waals surface area contributed by atoms with Crippen LogP contribution in [0.3, 0.4) is 0 Å². The third kappa shape index (κ3) is 14.7. The van der Waals surface area contributed by atoms with Crippen LogP contribution in [0.1, 0.15) is 52.9 Å². The number of carbonyl (C=O) groups excluding carboxylic acids is 3. The summed E-state index contributed by atoms with van der Waals surface area (Å²) >= 11 is 0. The highest BCUT2D eigenvalue weighted by molar-refractivity contribution is 5.93. The number of alkyl halides is 2. The van der Waals surface area contributed by atoms with Gasteiger partial charge in [-0.1, -0.05) is 33.6 Å². The number of hydrogen-bond acceptors (Lipinski definition) is 7. The van der Waals surface area contributed by atoms with Gasteiger partial charge in [-0.2, -0.15) is 5.26 Å². The SMILES string of the molecule is CC(C)C.N.N#CC1CC(C(=O)Nc2ccc(F)cc2)CN1C=O.NCC(=O)N1CC2CCCCC2C1.OC(CF)CF. The predicted octanol–water partition coefficient (Wildman–Crippen LogP) is 3.84. The van der Waals surface area contributed by atoms with Gasteiger partial charge < -0.3 is 32.1 Å². The van der Waals surface area contributed by atoms with E-state index in [4.69, 9.17) is 16.1 Å². The number of rotatable bonds is 6. The number of halogens is 3. The van der Waals surface area contributed by atoms with E-state index in [9.17, 15) is 27.6 Å². The molecule has 0 bridgehead atoms. The first-order valence-electron chi connectivity index (χ1n) is 14.4. The molecule has 1 aromatic carbocycles. The second-order valence-electron chi connectivity index (χ2n) is 11.4. The van der Waals surface area contributed by atoms with Gasteiger partial charge in [0.15, 0.2) is 0 Å². The lowest BCUT2D eigenvalue weighted by Gasteiger charge is -2.22. The molecule has 13 heteroatoms. The molecule has 2 aliphatic heterocycles. The minimum Gasteiger partial charge on any atom is -0.388 e. The fourth-order valence-electron chi connectivity index (χ4n) is 4.85. The zero-order chi connectivity index (χ0) is 31.7. The average Bonchev–Trinajstić information content (AvgIpc) is 3.62. The Labute approximate surface area is 253 Å². The molecule has 4 atom stereocenters. The van der Waals surface area contributed by atoms with Crippen LogP contribution in [0.25, 0.3) is 0 Å². The maximum Gasteiger partial charge on any atom is 0.236 e. The molecule has 4 rings (SSSR count). The van der Waals surface area contributed by atoms with E-state index in [1.807, 2.05) is 11.0 Å². The molecule has 2 saturated heterocycles. The highest BCUT2D eigenvalue weighted by Gasteiger charge is 2.36. The summed E-state index contributed by atoms with van der Waals surface area (Å²) in [6, 6.07) is 6.85. The second kappa shape index (κ2) is 21.5. The van der Waals surface area contributed by atoms with Gasteiger partial charge >= 0.3 is 0 Å². The van der Waals surface area contributed by atoms with Gasteiger partial charge in [0.1, 0.15) is 31.3 Å². The van der Waals surface area contributed by atoms with Gasteiger partial charge in [0, 0.05) is 25.3 Å². The Morgan fingerprint density at radius 2 is 1.60 bits per heavy atom. The Morgan fingerprint density at radius 1 is 1.09 bits per heavy atom. The lowest BCUT2D eigenvalue weighted by molar-refractivity contribution is -0.129. The lowest BCUT2D eigenvalue weighted by atomic mass is 9.82. The van der Waals surface area contributed by atoms with Crippen LogP contribution in [-0.2, 0) is 14.4 Å². The molecule has 3 fully saturated rings. The summed E-state index contributed by atoms with van der Waals surface area (Å²) < 4.78 is 34.5. The molecule has 1 aliphatic carbocycles. The van der Waals surface area contributed by atoms with E-state index in [1.165, 1.54) is 54.8 Å². The normalized spacial score (nSPS) is 21.9. The molecule has 244 valence electrons. The monoisotopic (exact) mass is 614 g/mol. The highest BCUT2D eigenvalue weighted by Crippen LogP contribution is 2.35. The maximum absolute atomic E-state index is 12.7. The number of nitrogens with zero attached hydrogens (tertiary/aromatic N) is 3. The molecule has 1 saturated carbocycles. The average molecular weight is 615 g/mol. The Kier molecular flexibility index (Phi) is 19.9. The third-order valence-corrected chi connectivity index (χ3v) is 6.97. The topological polar surface area (TPSA) is 175 Å². The quantitative estimate of drug-likeness (QED) is 0.352. The smallest absolute Gasteiger partial charge is 0.236 e. The van der Waals surface area contributed by atoms with Crippen LogP contribution >= 0.6 is 0 Å². The minimum atomic E-state index is -1.40. The number of carbonyl (C=O) groups is 3. The number of nitriles is 1. The van der Waals surface area contributed by atoms with Crippen molar-refractivity contribution in [2.24, 2.45) is 29.4 Å². The molecule has 10 nitrogen and oxygen atoms in total. The van der Waals surface area contributed by atoms with E-state index >= 15 is 0 Å². The standard InChI is InChI=1S/C13H12FN3O2.C10H18N2O.C4H10.C3H6F2O.H3N/c14-10-1-3-11(4-2-10)16-13(19)9-5-12(6-15)17(7-9)8-18;11-5-10(13)12-6-8-3-1-2-4-9(8)7-12;1-4(2)3;4-1-3(6)2-5;/h1-4,8-9,12H,5,7H2,(H,16,19);8-9H,1-7,11H2;4H,1-3H3;3,6H,1-2H2;1H3. The number of anilines is 1. The van der Waals surface area contributed by atoms with Crippen molar-refractivity contribution in [1.82, 2.24) is 16.0 Å². The van der Waals surface area contributed by atoms with Gasteiger partial charge in [0.2, 0.25) is 18.2 Å². The van der Waals surface area contributed by atoms with Crippen LogP contribution < -0.4 is 17.2 Å². The number of hydrogen-bond donors (Lipinski definition) is 4. The molecule has 0 radical (unpaired) electrons. The Bertz CT molecular complexity index is 974. The van der Waals surface area contributed by atoms with E-state index in [1.54, 1.807) is 0 Å². The Morgan fingerprint density at radius 3 is 1.98 bits per heavy atom. The van der Waals surface area contributed by atoms with Crippen molar-refractivity contribution in [3.05, 3.63) is 30.1 Å². The molecule has 43 heavy (non-hydrogen) atoms. The number of benzene rings is 1. The second-order valence-corrected chi connectivity index (χ2v) is 11.4. The molecule has 0 aromatic heterocycles. The van der Waals surface area contributed by atoms with Crippen molar-refractivity contribution in [2.45, 2.75) is 65.0 Å². The number of aliphatic hydroxyl groups is 1. The summed E-state index contributed by atoms with van der Waals surface area (Å²) in [5.41, 5.74) is 5.84. The van der Waals surface area contributed by atoms with Crippen molar-refractivity contribution in [2.75, 3.05) is 44.8 Å². The third-order valence-electron chi connectivity index (χ3n) is 6.97. The van der Waals surface area contributed by atoms with Crippen LogP contribution in [-0.4, -0.2) is 84.8 Å². The number of likely N-dealkylation sites (tertiary alicyclic amines) is 2. The summed E-state index contributed by atoms with van der Waals surface area (Å²) in [6.07, 6.45) is 4.85. The van der Waals surface area contributed by atoms with Crippen LogP contribution in [0.15, 0.2) is 24.3 Å². The molecular weight excluding hydrogens is 565 g/mol. The van der Waals surface area contributed by atoms with Crippen molar-refractivity contribution in [3.8, 4) is 6.07 Å². The molecular formula is C30H49F3N6O4. The van der Waals surface area contributed by atoms with E-state index in [-0.39, 0.29) is 36.9 Å². The van der Waals surface area contributed by atoms with Gasteiger partial charge in [-0.25, -0.2) is 13.2 Å². The number of amides is 3.